The van der Waals surface area contributed by atoms with Gasteiger partial charge in [-0.05, 0) is 44.0 Å². The average Bonchev–Trinajstić information content (AvgIpc) is 3.20. The molecule has 0 aliphatic carbocycles. The highest BCUT2D eigenvalue weighted by Gasteiger charge is 2.26. The number of nitrogens with one attached hydrogen (secondary N) is 1. The van der Waals surface area contributed by atoms with E-state index in [-0.39, 0.29) is 24.4 Å². The molecule has 1 N–H and O–H groups in total. The molecule has 1 amide bonds. The molecular weight excluding hydrogens is 368 g/mol. The molecule has 1 aromatic rings. The Bertz CT molecular complexity index is 577. The van der Waals surface area contributed by atoms with Gasteiger partial charge in [0.2, 0.25) is 11.7 Å². The van der Waals surface area contributed by atoms with E-state index >= 15 is 0 Å². The fourth-order valence-electron chi connectivity index (χ4n) is 3.77. The van der Waals surface area contributed by atoms with E-state index in [1.165, 1.54) is 6.42 Å². The van der Waals surface area contributed by atoms with Gasteiger partial charge in [0, 0.05) is 32.4 Å². The summed E-state index contributed by atoms with van der Waals surface area (Å²) in [5.41, 5.74) is 0. The summed E-state index contributed by atoms with van der Waals surface area (Å²) >= 11 is 0. The van der Waals surface area contributed by atoms with E-state index < -0.39 is 0 Å². The molecule has 7 heteroatoms. The van der Waals surface area contributed by atoms with Gasteiger partial charge in [0.05, 0.1) is 14.2 Å². The lowest BCUT2D eigenvalue weighted by molar-refractivity contribution is -0.133. The molecule has 0 aromatic heterocycles. The maximum absolute atomic E-state index is 12.4. The highest BCUT2D eigenvalue weighted by Crippen LogP contribution is 2.38. The number of carbonyl (C=O) groups is 1. The minimum atomic E-state index is 0. The molecule has 0 bridgehead atoms. The monoisotopic (exact) mass is 398 g/mol. The Morgan fingerprint density at radius 2 is 1.81 bits per heavy atom. The first kappa shape index (κ1) is 21.6. The average molecular weight is 399 g/mol. The first-order valence-corrected chi connectivity index (χ1v) is 9.57. The molecule has 1 atom stereocenters. The van der Waals surface area contributed by atoms with Crippen molar-refractivity contribution in [1.82, 2.24) is 10.2 Å². The fraction of sp³-hybridized carbons (Fsp3) is 0.650. The van der Waals surface area contributed by atoms with E-state index in [0.29, 0.717) is 29.6 Å². The second-order valence-electron chi connectivity index (χ2n) is 7.09. The largest absolute Gasteiger partial charge is 0.493 e. The number of hydrogen-bond donors (Lipinski definition) is 1. The lowest BCUT2D eigenvalue weighted by atomic mass is 10.0. The third kappa shape index (κ3) is 5.66. The summed E-state index contributed by atoms with van der Waals surface area (Å²) in [5, 5.41) is 3.36. The molecule has 0 spiro atoms. The van der Waals surface area contributed by atoms with Crippen molar-refractivity contribution in [2.75, 3.05) is 40.4 Å². The Hall–Kier alpha value is -1.66. The maximum Gasteiger partial charge on any atom is 0.222 e. The van der Waals surface area contributed by atoms with E-state index in [2.05, 4.69) is 5.32 Å². The van der Waals surface area contributed by atoms with Crippen LogP contribution in [0.1, 0.15) is 32.1 Å². The number of likely N-dealkylation sites (tertiary alicyclic amines) is 1. The third-order valence-corrected chi connectivity index (χ3v) is 5.39. The molecule has 152 valence electrons. The minimum Gasteiger partial charge on any atom is -0.493 e. The number of nitrogens with zero attached hydrogens (tertiary/aromatic N) is 1. The molecule has 2 aliphatic rings. The molecule has 0 radical (unpaired) electrons. The molecule has 27 heavy (non-hydrogen) atoms. The van der Waals surface area contributed by atoms with Crippen LogP contribution in [0.5, 0.6) is 17.2 Å². The van der Waals surface area contributed by atoms with Crippen LogP contribution in [0.2, 0.25) is 0 Å². The van der Waals surface area contributed by atoms with Crippen molar-refractivity contribution < 1.29 is 19.0 Å². The number of rotatable bonds is 7. The highest BCUT2D eigenvalue weighted by molar-refractivity contribution is 5.85. The number of benzene rings is 1. The Morgan fingerprint density at radius 1 is 1.15 bits per heavy atom. The summed E-state index contributed by atoms with van der Waals surface area (Å²) in [4.78, 5) is 14.4. The predicted octanol–water partition coefficient (Wildman–Crippen LogP) is 2.89. The normalized spacial score (nSPS) is 20.1. The zero-order valence-corrected chi connectivity index (χ0v) is 17.1. The van der Waals surface area contributed by atoms with Crippen molar-refractivity contribution in [3.8, 4) is 17.2 Å². The molecular formula is C20H31ClN2O4. The fourth-order valence-corrected chi connectivity index (χ4v) is 3.77. The Balaban J connectivity index is 0.00000261. The standard InChI is InChI=1S/C20H30N2O4.ClH/c1-24-17-4-3-5-18(25-2)20(17)26-16-9-12-22(13-10-16)19(23)7-6-15-8-11-21-14-15;/h3-5,15-16,21H,6-14H2,1-2H3;1H. The zero-order chi connectivity index (χ0) is 18.4. The number of amides is 1. The SMILES string of the molecule is COc1cccc(OC)c1OC1CCN(C(=O)CCC2CCNC2)CC1.Cl. The molecule has 2 saturated heterocycles. The van der Waals surface area contributed by atoms with Crippen molar-refractivity contribution in [3.63, 3.8) is 0 Å². The van der Waals surface area contributed by atoms with Crippen LogP contribution >= 0.6 is 12.4 Å². The quantitative estimate of drug-likeness (QED) is 0.765. The van der Waals surface area contributed by atoms with Gasteiger partial charge in [0.15, 0.2) is 11.5 Å². The van der Waals surface area contributed by atoms with Crippen LogP contribution in [-0.4, -0.2) is 57.3 Å². The molecule has 0 saturated carbocycles. The lowest BCUT2D eigenvalue weighted by Crippen LogP contribution is -2.41. The van der Waals surface area contributed by atoms with E-state index in [9.17, 15) is 4.79 Å². The van der Waals surface area contributed by atoms with Gasteiger partial charge in [-0.1, -0.05) is 6.07 Å². The Labute approximate surface area is 167 Å². The second kappa shape index (κ2) is 10.6. The van der Waals surface area contributed by atoms with Crippen LogP contribution in [0.4, 0.5) is 0 Å². The van der Waals surface area contributed by atoms with Crippen molar-refractivity contribution in [2.24, 2.45) is 5.92 Å². The summed E-state index contributed by atoms with van der Waals surface area (Å²) in [6.07, 6.45) is 4.60. The highest BCUT2D eigenvalue weighted by atomic mass is 35.5. The summed E-state index contributed by atoms with van der Waals surface area (Å²) in [6.45, 7) is 3.66. The lowest BCUT2D eigenvalue weighted by Gasteiger charge is -2.33. The number of methoxy groups -OCH3 is 2. The van der Waals surface area contributed by atoms with Gasteiger partial charge in [0.25, 0.3) is 0 Å². The van der Waals surface area contributed by atoms with E-state index in [1.807, 2.05) is 23.1 Å². The molecule has 3 rings (SSSR count). The van der Waals surface area contributed by atoms with Crippen LogP contribution in [0, 0.1) is 5.92 Å². The summed E-state index contributed by atoms with van der Waals surface area (Å²) in [5.74, 6) is 2.94. The van der Waals surface area contributed by atoms with Gasteiger partial charge < -0.3 is 24.4 Å². The Kier molecular flexibility index (Phi) is 8.51. The summed E-state index contributed by atoms with van der Waals surface area (Å²) in [6, 6.07) is 5.62. The number of piperidine rings is 1. The van der Waals surface area contributed by atoms with Crippen LogP contribution in [0.3, 0.4) is 0 Å². The molecule has 2 fully saturated rings. The van der Waals surface area contributed by atoms with E-state index in [1.54, 1.807) is 14.2 Å². The van der Waals surface area contributed by atoms with Gasteiger partial charge in [-0.25, -0.2) is 0 Å². The zero-order valence-electron chi connectivity index (χ0n) is 16.2. The van der Waals surface area contributed by atoms with Crippen molar-refractivity contribution in [1.29, 1.82) is 0 Å². The van der Waals surface area contributed by atoms with Crippen LogP contribution in [0.25, 0.3) is 0 Å². The van der Waals surface area contributed by atoms with Crippen LogP contribution in [0.15, 0.2) is 18.2 Å². The van der Waals surface area contributed by atoms with Crippen LogP contribution in [-0.2, 0) is 4.79 Å². The first-order valence-electron chi connectivity index (χ1n) is 9.57. The molecule has 2 aliphatic heterocycles. The van der Waals surface area contributed by atoms with Crippen molar-refractivity contribution >= 4 is 18.3 Å². The molecule has 2 heterocycles. The van der Waals surface area contributed by atoms with Gasteiger partial charge >= 0.3 is 0 Å². The number of carbonyl (C=O) groups excluding carboxylic acids is 1. The van der Waals surface area contributed by atoms with E-state index in [0.717, 1.165) is 45.4 Å². The third-order valence-electron chi connectivity index (χ3n) is 5.39. The molecule has 1 aromatic carbocycles. The topological polar surface area (TPSA) is 60.0 Å². The summed E-state index contributed by atoms with van der Waals surface area (Å²) < 4.78 is 17.0. The van der Waals surface area contributed by atoms with Crippen LogP contribution < -0.4 is 19.5 Å². The van der Waals surface area contributed by atoms with Gasteiger partial charge in [-0.2, -0.15) is 0 Å². The molecule has 6 nitrogen and oxygen atoms in total. The second-order valence-corrected chi connectivity index (χ2v) is 7.09. The Morgan fingerprint density at radius 3 is 2.37 bits per heavy atom. The number of para-hydroxylation sites is 1. The van der Waals surface area contributed by atoms with Gasteiger partial charge in [-0.15, -0.1) is 12.4 Å². The van der Waals surface area contributed by atoms with Gasteiger partial charge in [-0.3, -0.25) is 4.79 Å². The number of ether oxygens (including phenoxy) is 3. The van der Waals surface area contributed by atoms with E-state index in [4.69, 9.17) is 14.2 Å². The van der Waals surface area contributed by atoms with Crippen molar-refractivity contribution in [2.45, 2.75) is 38.2 Å². The summed E-state index contributed by atoms with van der Waals surface area (Å²) in [7, 11) is 3.26. The predicted molar refractivity (Wildman–Crippen MR) is 107 cm³/mol. The smallest absolute Gasteiger partial charge is 0.222 e. The number of halogens is 1. The number of hydrogen-bond acceptors (Lipinski definition) is 5. The minimum absolute atomic E-state index is 0. The van der Waals surface area contributed by atoms with Gasteiger partial charge in [0.1, 0.15) is 6.10 Å². The first-order chi connectivity index (χ1) is 12.7. The molecule has 1 unspecified atom stereocenters. The maximum atomic E-state index is 12.4. The van der Waals surface area contributed by atoms with Crippen molar-refractivity contribution in [3.05, 3.63) is 18.2 Å².